The Balaban J connectivity index is 2.37. The molecule has 0 amide bonds. The van der Waals surface area contributed by atoms with Crippen LogP contribution in [-0.2, 0) is 20.7 Å². The third kappa shape index (κ3) is 4.57. The van der Waals surface area contributed by atoms with Crippen LogP contribution in [0, 0.1) is 0 Å². The summed E-state index contributed by atoms with van der Waals surface area (Å²) in [6, 6.07) is 7.77. The van der Waals surface area contributed by atoms with Crippen molar-refractivity contribution in [3.8, 4) is 0 Å². The maximum Gasteiger partial charge on any atom is 0.313 e. The average Bonchev–Trinajstić information content (AvgIpc) is 2.28. The zero-order valence-electron chi connectivity index (χ0n) is 9.03. The molecule has 0 fully saturated rings. The van der Waals surface area contributed by atoms with Crippen LogP contribution >= 0.6 is 15.9 Å². The molecule has 0 N–H and O–H groups in total. The van der Waals surface area contributed by atoms with E-state index in [0.717, 1.165) is 10.0 Å². The molecule has 3 nitrogen and oxygen atoms in total. The summed E-state index contributed by atoms with van der Waals surface area (Å²) in [5.41, 5.74) is 1.08. The van der Waals surface area contributed by atoms with Crippen LogP contribution in [0.5, 0.6) is 0 Å². The summed E-state index contributed by atoms with van der Waals surface area (Å²) >= 11 is 3.34. The Morgan fingerprint density at radius 2 is 1.88 bits per heavy atom. The molecule has 86 valence electrons. The summed E-state index contributed by atoms with van der Waals surface area (Å²) in [4.78, 5) is 22.2. The Labute approximate surface area is 103 Å². The Kier molecular flexibility index (Phi) is 5.19. The number of rotatable bonds is 5. The molecule has 1 aromatic rings. The van der Waals surface area contributed by atoms with Crippen molar-refractivity contribution in [3.63, 3.8) is 0 Å². The van der Waals surface area contributed by atoms with Crippen LogP contribution in [0.4, 0.5) is 0 Å². The fourth-order valence-corrected chi connectivity index (χ4v) is 1.52. The molecule has 0 bridgehead atoms. The first-order chi connectivity index (χ1) is 7.61. The summed E-state index contributed by atoms with van der Waals surface area (Å²) in [6.45, 7) is 0. The number of esters is 1. The molecule has 0 atom stereocenters. The van der Waals surface area contributed by atoms with Gasteiger partial charge in [0.05, 0.1) is 7.11 Å². The van der Waals surface area contributed by atoms with Crippen LogP contribution < -0.4 is 0 Å². The molecule has 16 heavy (non-hydrogen) atoms. The SMILES string of the molecule is COC(=O)CC(=O)CCc1ccc(Br)cc1. The van der Waals surface area contributed by atoms with Gasteiger partial charge in [-0.15, -0.1) is 0 Å². The van der Waals surface area contributed by atoms with Crippen molar-refractivity contribution in [1.29, 1.82) is 0 Å². The van der Waals surface area contributed by atoms with E-state index in [1.165, 1.54) is 7.11 Å². The molecule has 0 aromatic heterocycles. The molecule has 0 spiro atoms. The monoisotopic (exact) mass is 284 g/mol. The molecule has 0 heterocycles. The van der Waals surface area contributed by atoms with Gasteiger partial charge in [0.1, 0.15) is 12.2 Å². The van der Waals surface area contributed by atoms with Gasteiger partial charge < -0.3 is 4.74 Å². The first-order valence-corrected chi connectivity index (χ1v) is 5.74. The number of hydrogen-bond donors (Lipinski definition) is 0. The number of carbonyl (C=O) groups excluding carboxylic acids is 2. The highest BCUT2D eigenvalue weighted by Crippen LogP contribution is 2.12. The van der Waals surface area contributed by atoms with Crippen LogP contribution in [-0.4, -0.2) is 18.9 Å². The number of benzene rings is 1. The van der Waals surface area contributed by atoms with Gasteiger partial charge in [-0.2, -0.15) is 0 Å². The van der Waals surface area contributed by atoms with Gasteiger partial charge in [-0.3, -0.25) is 9.59 Å². The minimum absolute atomic E-state index is 0.0882. The Hall–Kier alpha value is -1.16. The topological polar surface area (TPSA) is 43.4 Å². The average molecular weight is 285 g/mol. The maximum atomic E-state index is 11.3. The number of hydrogen-bond acceptors (Lipinski definition) is 3. The van der Waals surface area contributed by atoms with Gasteiger partial charge >= 0.3 is 5.97 Å². The highest BCUT2D eigenvalue weighted by atomic mass is 79.9. The van der Waals surface area contributed by atoms with Gasteiger partial charge in [-0.05, 0) is 24.1 Å². The lowest BCUT2D eigenvalue weighted by Gasteiger charge is -2.01. The summed E-state index contributed by atoms with van der Waals surface area (Å²) < 4.78 is 5.43. The molecule has 1 aromatic carbocycles. The first-order valence-electron chi connectivity index (χ1n) is 4.95. The fraction of sp³-hybridized carbons (Fsp3) is 0.333. The highest BCUT2D eigenvalue weighted by molar-refractivity contribution is 9.10. The quantitative estimate of drug-likeness (QED) is 0.616. The zero-order chi connectivity index (χ0) is 12.0. The van der Waals surface area contributed by atoms with E-state index < -0.39 is 5.97 Å². The summed E-state index contributed by atoms with van der Waals surface area (Å²) in [6.07, 6.45) is 0.896. The Morgan fingerprint density at radius 1 is 1.25 bits per heavy atom. The lowest BCUT2D eigenvalue weighted by atomic mass is 10.1. The molecule has 0 saturated carbocycles. The van der Waals surface area contributed by atoms with E-state index in [9.17, 15) is 9.59 Å². The first kappa shape index (κ1) is 12.9. The minimum Gasteiger partial charge on any atom is -0.469 e. The van der Waals surface area contributed by atoms with Crippen LogP contribution in [0.25, 0.3) is 0 Å². The molecule has 0 aliphatic carbocycles. The molecule has 0 aliphatic heterocycles. The van der Waals surface area contributed by atoms with E-state index in [0.29, 0.717) is 12.8 Å². The third-order valence-electron chi connectivity index (χ3n) is 2.17. The minimum atomic E-state index is -0.471. The third-order valence-corrected chi connectivity index (χ3v) is 2.70. The fourth-order valence-electron chi connectivity index (χ4n) is 1.26. The smallest absolute Gasteiger partial charge is 0.313 e. The normalized spacial score (nSPS) is 9.88. The van der Waals surface area contributed by atoms with Gasteiger partial charge in [0.2, 0.25) is 0 Å². The van der Waals surface area contributed by atoms with Crippen molar-refractivity contribution in [3.05, 3.63) is 34.3 Å². The van der Waals surface area contributed by atoms with Crippen molar-refractivity contribution in [2.24, 2.45) is 0 Å². The van der Waals surface area contributed by atoms with Crippen LogP contribution in [0.2, 0.25) is 0 Å². The standard InChI is InChI=1S/C12H13BrO3/c1-16-12(15)8-11(14)7-4-9-2-5-10(13)6-3-9/h2-3,5-6H,4,7-8H2,1H3. The van der Waals surface area contributed by atoms with Crippen molar-refractivity contribution in [1.82, 2.24) is 0 Å². The lowest BCUT2D eigenvalue weighted by Crippen LogP contribution is -2.09. The molecule has 4 heteroatoms. The summed E-state index contributed by atoms with van der Waals surface area (Å²) in [5.74, 6) is -0.560. The number of Topliss-reactive ketones (excluding diaryl/α,β-unsaturated/α-hetero) is 1. The molecule has 0 aliphatic rings. The van der Waals surface area contributed by atoms with Crippen molar-refractivity contribution in [2.45, 2.75) is 19.3 Å². The molecule has 0 unspecified atom stereocenters. The van der Waals surface area contributed by atoms with Crippen molar-refractivity contribution >= 4 is 27.7 Å². The van der Waals surface area contributed by atoms with Crippen molar-refractivity contribution in [2.75, 3.05) is 7.11 Å². The summed E-state index contributed by atoms with van der Waals surface area (Å²) in [7, 11) is 1.28. The number of methoxy groups -OCH3 is 1. The Morgan fingerprint density at radius 3 is 2.44 bits per heavy atom. The number of ketones is 1. The second-order valence-electron chi connectivity index (χ2n) is 3.42. The number of ether oxygens (including phenoxy) is 1. The number of aryl methyl sites for hydroxylation is 1. The lowest BCUT2D eigenvalue weighted by molar-refractivity contribution is -0.143. The van der Waals surface area contributed by atoms with Crippen LogP contribution in [0.1, 0.15) is 18.4 Å². The van der Waals surface area contributed by atoms with E-state index in [4.69, 9.17) is 0 Å². The second-order valence-corrected chi connectivity index (χ2v) is 4.33. The van der Waals surface area contributed by atoms with E-state index in [1.807, 2.05) is 24.3 Å². The number of halogens is 1. The van der Waals surface area contributed by atoms with Gasteiger partial charge in [-0.1, -0.05) is 28.1 Å². The summed E-state index contributed by atoms with van der Waals surface area (Å²) in [5, 5.41) is 0. The van der Waals surface area contributed by atoms with Crippen molar-refractivity contribution < 1.29 is 14.3 Å². The van der Waals surface area contributed by atoms with Crippen LogP contribution in [0.3, 0.4) is 0 Å². The number of carbonyl (C=O) groups is 2. The van der Waals surface area contributed by atoms with Crippen LogP contribution in [0.15, 0.2) is 28.7 Å². The molecule has 0 radical (unpaired) electrons. The van der Waals surface area contributed by atoms with Gasteiger partial charge in [0.25, 0.3) is 0 Å². The largest absolute Gasteiger partial charge is 0.469 e. The van der Waals surface area contributed by atoms with Gasteiger partial charge in [0.15, 0.2) is 0 Å². The van der Waals surface area contributed by atoms with E-state index in [1.54, 1.807) is 0 Å². The van der Waals surface area contributed by atoms with E-state index in [-0.39, 0.29) is 12.2 Å². The molecular formula is C12H13BrO3. The van der Waals surface area contributed by atoms with E-state index in [2.05, 4.69) is 20.7 Å². The second kappa shape index (κ2) is 6.43. The predicted molar refractivity (Wildman–Crippen MR) is 64.1 cm³/mol. The van der Waals surface area contributed by atoms with Gasteiger partial charge in [0, 0.05) is 10.9 Å². The highest BCUT2D eigenvalue weighted by Gasteiger charge is 2.09. The molecule has 1 rings (SSSR count). The maximum absolute atomic E-state index is 11.3. The van der Waals surface area contributed by atoms with Gasteiger partial charge in [-0.25, -0.2) is 0 Å². The zero-order valence-corrected chi connectivity index (χ0v) is 10.6. The molecular weight excluding hydrogens is 272 g/mol. The predicted octanol–water partition coefficient (Wildman–Crippen LogP) is 2.51. The molecule has 0 saturated heterocycles. The Bertz CT molecular complexity index is 370. The van der Waals surface area contributed by atoms with E-state index >= 15 is 0 Å².